The van der Waals surface area contributed by atoms with Crippen LogP contribution in [0.4, 0.5) is 0 Å². The van der Waals surface area contributed by atoms with Crippen LogP contribution in [-0.2, 0) is 29.1 Å². The molecule has 34 heavy (non-hydrogen) atoms. The van der Waals surface area contributed by atoms with E-state index in [0.717, 1.165) is 27.8 Å². The van der Waals surface area contributed by atoms with Gasteiger partial charge in [0.25, 0.3) is 5.91 Å². The van der Waals surface area contributed by atoms with Crippen LogP contribution in [0, 0.1) is 13.8 Å². The lowest BCUT2D eigenvalue weighted by Gasteiger charge is -2.38. The molecule has 174 valence electrons. The van der Waals surface area contributed by atoms with E-state index in [9.17, 15) is 19.5 Å². The molecule has 0 aliphatic carbocycles. The summed E-state index contributed by atoms with van der Waals surface area (Å²) in [7, 11) is 0. The lowest BCUT2D eigenvalue weighted by molar-refractivity contribution is -0.147. The van der Waals surface area contributed by atoms with Gasteiger partial charge >= 0.3 is 5.97 Å². The fraction of sp³-hybridized carbons (Fsp3) is 0.250. The Morgan fingerprint density at radius 3 is 2.09 bits per heavy atom. The molecule has 2 amide bonds. The van der Waals surface area contributed by atoms with Crippen molar-refractivity contribution in [2.45, 2.75) is 39.4 Å². The number of carboxylic acids is 1. The number of benzene rings is 3. The number of carbonyl (C=O) groups excluding carboxylic acids is 2. The van der Waals surface area contributed by atoms with E-state index in [2.05, 4.69) is 0 Å². The topological polar surface area (TPSA) is 77.9 Å². The van der Waals surface area contributed by atoms with E-state index in [0.29, 0.717) is 18.5 Å². The highest BCUT2D eigenvalue weighted by Crippen LogP contribution is 2.27. The van der Waals surface area contributed by atoms with Crippen molar-refractivity contribution < 1.29 is 19.5 Å². The highest BCUT2D eigenvalue weighted by molar-refractivity contribution is 5.98. The fourth-order valence-electron chi connectivity index (χ4n) is 4.32. The van der Waals surface area contributed by atoms with E-state index >= 15 is 0 Å². The average molecular weight is 457 g/mol. The third-order valence-electron chi connectivity index (χ3n) is 6.22. The number of carbonyl (C=O) groups is 3. The number of amides is 2. The van der Waals surface area contributed by atoms with E-state index in [4.69, 9.17) is 0 Å². The van der Waals surface area contributed by atoms with Crippen LogP contribution in [0.2, 0.25) is 0 Å². The first kappa shape index (κ1) is 23.2. The Morgan fingerprint density at radius 2 is 1.47 bits per heavy atom. The first-order valence-corrected chi connectivity index (χ1v) is 11.3. The summed E-state index contributed by atoms with van der Waals surface area (Å²) in [5.41, 5.74) is 5.46. The number of aryl methyl sites for hydroxylation is 2. The number of fused-ring (bicyclic) bond motifs is 1. The number of hydrogen-bond donors (Lipinski definition) is 1. The van der Waals surface area contributed by atoms with E-state index in [1.54, 1.807) is 17.0 Å². The predicted octanol–water partition coefficient (Wildman–Crippen LogP) is 3.98. The molecular weight excluding hydrogens is 428 g/mol. The Morgan fingerprint density at radius 1 is 0.882 bits per heavy atom. The maximum Gasteiger partial charge on any atom is 0.323 e. The zero-order valence-corrected chi connectivity index (χ0v) is 19.4. The van der Waals surface area contributed by atoms with Gasteiger partial charge in [0.2, 0.25) is 5.91 Å². The summed E-state index contributed by atoms with van der Waals surface area (Å²) in [6.07, 6.45) is 0.344. The summed E-state index contributed by atoms with van der Waals surface area (Å²) in [6.45, 7) is 3.95. The molecule has 1 heterocycles. The molecule has 6 nitrogen and oxygen atoms in total. The van der Waals surface area contributed by atoms with Crippen LogP contribution in [-0.4, -0.2) is 45.3 Å². The number of carboxylic acid groups (broad SMARTS) is 1. The largest absolute Gasteiger partial charge is 0.480 e. The van der Waals surface area contributed by atoms with E-state index in [1.807, 2.05) is 74.5 Å². The van der Waals surface area contributed by atoms with Gasteiger partial charge in [-0.05, 0) is 42.7 Å². The van der Waals surface area contributed by atoms with Gasteiger partial charge in [-0.1, -0.05) is 71.8 Å². The second-order valence-corrected chi connectivity index (χ2v) is 8.86. The van der Waals surface area contributed by atoms with Crippen molar-refractivity contribution in [3.63, 3.8) is 0 Å². The standard InChI is InChI=1S/C28H28N2O4/c1-19-7-11-21(12-8-19)16-29(18-26(31)32)28(34)25-15-23-5-3-4-6-24(23)17-30(25)27(33)22-13-9-20(2)10-14-22/h3-14,25H,15-18H2,1-2H3,(H,31,32)/t25-/m1/s1. The van der Waals surface area contributed by atoms with Crippen LogP contribution in [0.3, 0.4) is 0 Å². The molecule has 1 aliphatic heterocycles. The summed E-state index contributed by atoms with van der Waals surface area (Å²) >= 11 is 0. The van der Waals surface area contributed by atoms with Gasteiger partial charge in [0.15, 0.2) is 0 Å². The summed E-state index contributed by atoms with van der Waals surface area (Å²) in [4.78, 5) is 41.9. The maximum atomic E-state index is 13.8. The van der Waals surface area contributed by atoms with Crippen molar-refractivity contribution in [3.8, 4) is 0 Å². The molecule has 0 saturated heterocycles. The van der Waals surface area contributed by atoms with Crippen LogP contribution < -0.4 is 0 Å². The molecule has 0 radical (unpaired) electrons. The lowest BCUT2D eigenvalue weighted by atomic mass is 9.92. The van der Waals surface area contributed by atoms with Crippen molar-refractivity contribution in [1.29, 1.82) is 0 Å². The van der Waals surface area contributed by atoms with Crippen molar-refractivity contribution in [2.24, 2.45) is 0 Å². The van der Waals surface area contributed by atoms with Gasteiger partial charge in [-0.25, -0.2) is 0 Å². The molecule has 4 rings (SSSR count). The molecular formula is C28H28N2O4. The summed E-state index contributed by atoms with van der Waals surface area (Å²) in [6, 6.07) is 21.9. The van der Waals surface area contributed by atoms with Crippen molar-refractivity contribution in [3.05, 3.63) is 106 Å². The smallest absolute Gasteiger partial charge is 0.323 e. The normalized spacial score (nSPS) is 14.9. The molecule has 1 atom stereocenters. The minimum absolute atomic E-state index is 0.163. The number of nitrogens with zero attached hydrogens (tertiary/aromatic N) is 2. The van der Waals surface area contributed by atoms with Gasteiger partial charge in [0, 0.05) is 25.1 Å². The van der Waals surface area contributed by atoms with E-state index < -0.39 is 18.6 Å². The third-order valence-corrected chi connectivity index (χ3v) is 6.22. The Balaban J connectivity index is 1.67. The van der Waals surface area contributed by atoms with Crippen LogP contribution in [0.25, 0.3) is 0 Å². The minimum atomic E-state index is -1.09. The summed E-state index contributed by atoms with van der Waals surface area (Å²) in [5, 5.41) is 9.52. The first-order chi connectivity index (χ1) is 16.3. The van der Waals surface area contributed by atoms with Crippen molar-refractivity contribution >= 4 is 17.8 Å². The number of aliphatic carboxylic acids is 1. The Labute approximate surface area is 199 Å². The summed E-state index contributed by atoms with van der Waals surface area (Å²) in [5.74, 6) is -1.69. The molecule has 0 unspecified atom stereocenters. The van der Waals surface area contributed by atoms with Gasteiger partial charge in [0.05, 0.1) is 0 Å². The van der Waals surface area contributed by atoms with Gasteiger partial charge < -0.3 is 14.9 Å². The van der Waals surface area contributed by atoms with E-state index in [-0.39, 0.29) is 18.4 Å². The highest BCUT2D eigenvalue weighted by atomic mass is 16.4. The van der Waals surface area contributed by atoms with Crippen LogP contribution in [0.15, 0.2) is 72.8 Å². The molecule has 0 bridgehead atoms. The van der Waals surface area contributed by atoms with E-state index in [1.165, 1.54) is 4.90 Å². The quantitative estimate of drug-likeness (QED) is 0.609. The Kier molecular flexibility index (Phi) is 6.77. The van der Waals surface area contributed by atoms with Gasteiger partial charge in [-0.15, -0.1) is 0 Å². The molecule has 0 saturated carbocycles. The first-order valence-electron chi connectivity index (χ1n) is 11.3. The second kappa shape index (κ2) is 9.91. The van der Waals surface area contributed by atoms with Crippen LogP contribution in [0.5, 0.6) is 0 Å². The Bertz CT molecular complexity index is 1200. The van der Waals surface area contributed by atoms with Gasteiger partial charge in [-0.2, -0.15) is 0 Å². The Hall–Kier alpha value is -3.93. The lowest BCUT2D eigenvalue weighted by Crippen LogP contribution is -2.54. The monoisotopic (exact) mass is 456 g/mol. The molecule has 0 spiro atoms. The second-order valence-electron chi connectivity index (χ2n) is 8.86. The molecule has 1 N–H and O–H groups in total. The third kappa shape index (κ3) is 5.17. The number of rotatable bonds is 6. The zero-order valence-electron chi connectivity index (χ0n) is 19.4. The maximum absolute atomic E-state index is 13.8. The SMILES string of the molecule is Cc1ccc(CN(CC(=O)O)C(=O)[C@H]2Cc3ccccc3CN2C(=O)c2ccc(C)cc2)cc1. The van der Waals surface area contributed by atoms with Crippen molar-refractivity contribution in [1.82, 2.24) is 9.80 Å². The average Bonchev–Trinajstić information content (AvgIpc) is 2.83. The zero-order chi connectivity index (χ0) is 24.2. The fourth-order valence-corrected chi connectivity index (χ4v) is 4.32. The molecule has 0 aromatic heterocycles. The van der Waals surface area contributed by atoms with Crippen molar-refractivity contribution in [2.75, 3.05) is 6.54 Å². The van der Waals surface area contributed by atoms with Gasteiger partial charge in [0.1, 0.15) is 12.6 Å². The number of hydrogen-bond acceptors (Lipinski definition) is 3. The minimum Gasteiger partial charge on any atom is -0.480 e. The van der Waals surface area contributed by atoms with Crippen LogP contribution in [0.1, 0.15) is 38.2 Å². The predicted molar refractivity (Wildman–Crippen MR) is 129 cm³/mol. The summed E-state index contributed by atoms with van der Waals surface area (Å²) < 4.78 is 0. The molecule has 6 heteroatoms. The highest BCUT2D eigenvalue weighted by Gasteiger charge is 2.37. The molecule has 3 aromatic rings. The molecule has 1 aliphatic rings. The van der Waals surface area contributed by atoms with Crippen LogP contribution >= 0.6 is 0 Å². The van der Waals surface area contributed by atoms with Gasteiger partial charge in [-0.3, -0.25) is 14.4 Å². The molecule has 3 aromatic carbocycles. The molecule has 0 fully saturated rings.